The highest BCUT2D eigenvalue weighted by molar-refractivity contribution is 6.30. The molecule has 0 atom stereocenters. The van der Waals surface area contributed by atoms with Crippen molar-refractivity contribution in [3.63, 3.8) is 0 Å². The molecular weight excluding hydrogens is 492 g/mol. The average molecular weight is 525 g/mol. The summed E-state index contributed by atoms with van der Waals surface area (Å²) in [6.45, 7) is 9.99. The van der Waals surface area contributed by atoms with Crippen molar-refractivity contribution in [2.45, 2.75) is 58.7 Å². The number of carbonyl (C=O) groups is 1. The standard InChI is InChI=1S/C28H33ClN4O4/c1-18-7-13-21(14-8-18)37-28(4,5)25(35)32-16-15-23-22(17-32)24(34)33(36-6)26(30-23)31-27(2,3)19-9-11-20(29)12-10-19/h7-14H,15-17H2,1-6H3,(H,30,31). The van der Waals surface area contributed by atoms with Gasteiger partial charge in [-0.15, -0.1) is 4.73 Å². The van der Waals surface area contributed by atoms with Gasteiger partial charge in [0.2, 0.25) is 5.95 Å². The van der Waals surface area contributed by atoms with Crippen molar-refractivity contribution in [2.24, 2.45) is 0 Å². The Labute approximate surface area is 222 Å². The zero-order chi connectivity index (χ0) is 27.0. The van der Waals surface area contributed by atoms with Crippen molar-refractivity contribution in [1.82, 2.24) is 14.6 Å². The summed E-state index contributed by atoms with van der Waals surface area (Å²) >= 11 is 6.04. The molecule has 0 saturated heterocycles. The van der Waals surface area contributed by atoms with E-state index in [1.165, 1.54) is 7.11 Å². The average Bonchev–Trinajstić information content (AvgIpc) is 2.85. The van der Waals surface area contributed by atoms with Crippen LogP contribution in [0.3, 0.4) is 0 Å². The van der Waals surface area contributed by atoms with Crippen molar-refractivity contribution in [3.8, 4) is 5.75 Å². The van der Waals surface area contributed by atoms with E-state index in [9.17, 15) is 9.59 Å². The summed E-state index contributed by atoms with van der Waals surface area (Å²) in [5.41, 5.74) is 1.14. The minimum Gasteiger partial charge on any atom is -0.478 e. The summed E-state index contributed by atoms with van der Waals surface area (Å²) in [7, 11) is 1.42. The predicted molar refractivity (Wildman–Crippen MR) is 144 cm³/mol. The number of hydrogen-bond donors (Lipinski definition) is 1. The maximum atomic E-state index is 13.4. The number of benzene rings is 2. The van der Waals surface area contributed by atoms with Gasteiger partial charge in [0, 0.05) is 18.0 Å². The third-order valence-electron chi connectivity index (χ3n) is 6.56. The van der Waals surface area contributed by atoms with Crippen molar-refractivity contribution < 1.29 is 14.4 Å². The fourth-order valence-electron chi connectivity index (χ4n) is 4.42. The normalized spacial score (nSPS) is 13.6. The second-order valence-electron chi connectivity index (χ2n) is 10.3. The zero-order valence-corrected chi connectivity index (χ0v) is 22.8. The Kier molecular flexibility index (Phi) is 7.24. The van der Waals surface area contributed by atoms with Gasteiger partial charge in [-0.1, -0.05) is 41.4 Å². The monoisotopic (exact) mass is 524 g/mol. The topological polar surface area (TPSA) is 85.7 Å². The van der Waals surface area contributed by atoms with Crippen molar-refractivity contribution >= 4 is 23.5 Å². The summed E-state index contributed by atoms with van der Waals surface area (Å²) in [5, 5.41) is 3.98. The molecule has 2 heterocycles. The Morgan fingerprint density at radius 3 is 2.32 bits per heavy atom. The summed E-state index contributed by atoms with van der Waals surface area (Å²) in [6, 6.07) is 15.0. The van der Waals surface area contributed by atoms with Gasteiger partial charge >= 0.3 is 0 Å². The smallest absolute Gasteiger partial charge is 0.293 e. The number of amides is 1. The van der Waals surface area contributed by atoms with E-state index >= 15 is 0 Å². The van der Waals surface area contributed by atoms with Crippen LogP contribution in [-0.2, 0) is 23.3 Å². The van der Waals surface area contributed by atoms with Crippen LogP contribution in [-0.4, -0.2) is 39.8 Å². The first kappa shape index (κ1) is 26.5. The van der Waals surface area contributed by atoms with Gasteiger partial charge in [-0.05, 0) is 64.4 Å². The second kappa shape index (κ2) is 10.1. The highest BCUT2D eigenvalue weighted by atomic mass is 35.5. The van der Waals surface area contributed by atoms with Crippen LogP contribution in [0.2, 0.25) is 5.02 Å². The molecule has 8 nitrogen and oxygen atoms in total. The van der Waals surface area contributed by atoms with Gasteiger partial charge < -0.3 is 19.8 Å². The fraction of sp³-hybridized carbons (Fsp3) is 0.393. The quantitative estimate of drug-likeness (QED) is 0.494. The maximum Gasteiger partial charge on any atom is 0.293 e. The van der Waals surface area contributed by atoms with E-state index < -0.39 is 11.1 Å². The number of halogens is 1. The van der Waals surface area contributed by atoms with Crippen molar-refractivity contribution in [1.29, 1.82) is 0 Å². The molecular formula is C28H33ClN4O4. The Balaban J connectivity index is 1.57. The minimum atomic E-state index is -1.11. The molecule has 1 aliphatic rings. The first-order chi connectivity index (χ1) is 17.4. The molecule has 37 heavy (non-hydrogen) atoms. The van der Waals surface area contributed by atoms with Crippen LogP contribution in [0, 0.1) is 6.92 Å². The van der Waals surface area contributed by atoms with Gasteiger partial charge in [0.1, 0.15) is 12.9 Å². The number of ether oxygens (including phenoxy) is 1. The number of rotatable bonds is 7. The number of aryl methyl sites for hydroxylation is 1. The Morgan fingerprint density at radius 2 is 1.70 bits per heavy atom. The molecule has 0 radical (unpaired) electrons. The summed E-state index contributed by atoms with van der Waals surface area (Å²) < 4.78 is 7.16. The molecule has 1 amide bonds. The zero-order valence-electron chi connectivity index (χ0n) is 22.1. The van der Waals surface area contributed by atoms with Crippen molar-refractivity contribution in [2.75, 3.05) is 19.0 Å². The predicted octanol–water partition coefficient (Wildman–Crippen LogP) is 4.35. The van der Waals surface area contributed by atoms with Crippen LogP contribution in [0.25, 0.3) is 0 Å². The maximum absolute atomic E-state index is 13.4. The Hall–Kier alpha value is -3.52. The van der Waals surface area contributed by atoms with E-state index in [0.29, 0.717) is 40.9 Å². The molecule has 1 aliphatic heterocycles. The van der Waals surface area contributed by atoms with Gasteiger partial charge in [-0.2, -0.15) is 0 Å². The number of fused-ring (bicyclic) bond motifs is 1. The fourth-order valence-corrected chi connectivity index (χ4v) is 4.55. The van der Waals surface area contributed by atoms with E-state index in [4.69, 9.17) is 26.2 Å². The van der Waals surface area contributed by atoms with Crippen LogP contribution >= 0.6 is 11.6 Å². The molecule has 0 saturated carbocycles. The Bertz CT molecular complexity index is 1350. The first-order valence-electron chi connectivity index (χ1n) is 12.2. The number of carbonyl (C=O) groups excluding carboxylic acids is 1. The van der Waals surface area contributed by atoms with E-state index in [1.807, 2.05) is 69.3 Å². The summed E-state index contributed by atoms with van der Waals surface area (Å²) in [4.78, 5) is 38.7. The largest absolute Gasteiger partial charge is 0.478 e. The van der Waals surface area contributed by atoms with E-state index in [2.05, 4.69) is 5.32 Å². The van der Waals surface area contributed by atoms with Crippen LogP contribution in [0.15, 0.2) is 53.3 Å². The number of nitrogens with one attached hydrogen (secondary N) is 1. The molecule has 3 aromatic rings. The van der Waals surface area contributed by atoms with Crippen molar-refractivity contribution in [3.05, 3.63) is 86.3 Å². The van der Waals surface area contributed by atoms with Gasteiger partial charge in [-0.25, -0.2) is 4.98 Å². The van der Waals surface area contributed by atoms with Gasteiger partial charge in [-0.3, -0.25) is 9.59 Å². The summed E-state index contributed by atoms with van der Waals surface area (Å²) in [5.74, 6) is 0.714. The molecule has 1 aromatic heterocycles. The summed E-state index contributed by atoms with van der Waals surface area (Å²) in [6.07, 6.45) is 0.442. The molecule has 4 rings (SSSR count). The van der Waals surface area contributed by atoms with E-state index in [0.717, 1.165) is 15.9 Å². The number of aromatic nitrogens is 2. The molecule has 0 spiro atoms. The SMILES string of the molecule is COn1c(NC(C)(C)c2ccc(Cl)cc2)nc2c(c1=O)CN(C(=O)C(C)(C)Oc1ccc(C)cc1)CC2. The molecule has 1 N–H and O–H groups in total. The molecule has 0 unspecified atom stereocenters. The van der Waals surface area contributed by atoms with E-state index in [1.54, 1.807) is 18.7 Å². The highest BCUT2D eigenvalue weighted by Gasteiger charge is 2.37. The molecule has 196 valence electrons. The third kappa shape index (κ3) is 5.59. The number of hydrogen-bond acceptors (Lipinski definition) is 6. The molecule has 2 aromatic carbocycles. The highest BCUT2D eigenvalue weighted by Crippen LogP contribution is 2.28. The lowest BCUT2D eigenvalue weighted by molar-refractivity contribution is -0.146. The molecule has 0 aliphatic carbocycles. The van der Waals surface area contributed by atoms with E-state index in [-0.39, 0.29) is 18.0 Å². The van der Waals surface area contributed by atoms with Gasteiger partial charge in [0.05, 0.1) is 23.3 Å². The molecule has 9 heteroatoms. The number of nitrogens with zero attached hydrogens (tertiary/aromatic N) is 3. The van der Waals surface area contributed by atoms with Gasteiger partial charge in [0.15, 0.2) is 5.60 Å². The minimum absolute atomic E-state index is 0.130. The first-order valence-corrected chi connectivity index (χ1v) is 12.6. The lowest BCUT2D eigenvalue weighted by atomic mass is 9.94. The van der Waals surface area contributed by atoms with Crippen LogP contribution in [0.4, 0.5) is 5.95 Å². The van der Waals surface area contributed by atoms with Crippen LogP contribution in [0.5, 0.6) is 5.75 Å². The lowest BCUT2D eigenvalue weighted by Crippen LogP contribution is -2.51. The molecule has 0 bridgehead atoms. The lowest BCUT2D eigenvalue weighted by Gasteiger charge is -2.35. The third-order valence-corrected chi connectivity index (χ3v) is 6.81. The van der Waals surface area contributed by atoms with Gasteiger partial charge in [0.25, 0.3) is 11.5 Å². The Morgan fingerprint density at radius 1 is 1.05 bits per heavy atom. The number of anilines is 1. The second-order valence-corrected chi connectivity index (χ2v) is 10.7. The molecule has 0 fully saturated rings. The van der Waals surface area contributed by atoms with Crippen LogP contribution < -0.4 is 20.5 Å². The van der Waals surface area contributed by atoms with Crippen LogP contribution in [0.1, 0.15) is 50.1 Å².